The molecule has 1 fully saturated rings. The molecule has 0 saturated carbocycles. The van der Waals surface area contributed by atoms with Crippen LogP contribution in [0.3, 0.4) is 0 Å². The van der Waals surface area contributed by atoms with E-state index in [-0.39, 0.29) is 12.1 Å². The standard InChI is InChI=1S/C11H11NO2/c12-8-2-1-6-3-7-4-10(13)14-11(7)9(6)5-8/h1-2,5,7,11H,3-4,12H2. The van der Waals surface area contributed by atoms with Gasteiger partial charge in [-0.25, -0.2) is 0 Å². The second kappa shape index (κ2) is 2.50. The maximum absolute atomic E-state index is 11.1. The van der Waals surface area contributed by atoms with Gasteiger partial charge in [-0.15, -0.1) is 0 Å². The molecule has 0 amide bonds. The molecule has 0 bridgehead atoms. The van der Waals surface area contributed by atoms with Crippen molar-refractivity contribution in [3.63, 3.8) is 0 Å². The molecular weight excluding hydrogens is 178 g/mol. The first-order valence-corrected chi connectivity index (χ1v) is 4.82. The number of rotatable bonds is 0. The van der Waals surface area contributed by atoms with Gasteiger partial charge in [-0.3, -0.25) is 4.79 Å². The van der Waals surface area contributed by atoms with Gasteiger partial charge in [0, 0.05) is 11.6 Å². The molecule has 2 N–H and O–H groups in total. The van der Waals surface area contributed by atoms with Gasteiger partial charge in [0.05, 0.1) is 6.42 Å². The fourth-order valence-corrected chi connectivity index (χ4v) is 2.45. The van der Waals surface area contributed by atoms with E-state index in [0.29, 0.717) is 12.3 Å². The molecule has 0 aromatic heterocycles. The summed E-state index contributed by atoms with van der Waals surface area (Å²) < 4.78 is 5.27. The Balaban J connectivity index is 2.07. The molecule has 3 heteroatoms. The molecule has 1 heterocycles. The number of nitrogens with two attached hydrogens (primary N) is 1. The van der Waals surface area contributed by atoms with Crippen molar-refractivity contribution in [2.75, 3.05) is 5.73 Å². The SMILES string of the molecule is Nc1ccc2c(c1)C1OC(=O)CC1C2. The number of hydrogen-bond acceptors (Lipinski definition) is 3. The van der Waals surface area contributed by atoms with Crippen molar-refractivity contribution in [2.45, 2.75) is 18.9 Å². The zero-order valence-electron chi connectivity index (χ0n) is 7.69. The van der Waals surface area contributed by atoms with Crippen molar-refractivity contribution in [3.05, 3.63) is 29.3 Å². The molecule has 0 radical (unpaired) electrons. The van der Waals surface area contributed by atoms with Crippen molar-refractivity contribution in [2.24, 2.45) is 5.92 Å². The van der Waals surface area contributed by atoms with Gasteiger partial charge in [-0.1, -0.05) is 6.07 Å². The Morgan fingerprint density at radius 2 is 2.21 bits per heavy atom. The van der Waals surface area contributed by atoms with Crippen LogP contribution in [0, 0.1) is 5.92 Å². The summed E-state index contributed by atoms with van der Waals surface area (Å²) in [5, 5.41) is 0. The second-order valence-electron chi connectivity index (χ2n) is 4.04. The second-order valence-corrected chi connectivity index (χ2v) is 4.04. The van der Waals surface area contributed by atoms with Gasteiger partial charge in [-0.2, -0.15) is 0 Å². The van der Waals surface area contributed by atoms with Crippen LogP contribution in [0.25, 0.3) is 0 Å². The van der Waals surface area contributed by atoms with E-state index >= 15 is 0 Å². The van der Waals surface area contributed by atoms with Gasteiger partial charge in [0.1, 0.15) is 6.10 Å². The lowest BCUT2D eigenvalue weighted by molar-refractivity contribution is -0.141. The lowest BCUT2D eigenvalue weighted by Gasteiger charge is -2.08. The Bertz CT molecular complexity index is 414. The van der Waals surface area contributed by atoms with Crippen LogP contribution in [-0.4, -0.2) is 5.97 Å². The zero-order chi connectivity index (χ0) is 9.71. The lowest BCUT2D eigenvalue weighted by atomic mass is 10.0. The van der Waals surface area contributed by atoms with E-state index in [4.69, 9.17) is 10.5 Å². The third kappa shape index (κ3) is 0.953. The maximum atomic E-state index is 11.1. The largest absolute Gasteiger partial charge is 0.457 e. The Morgan fingerprint density at radius 3 is 3.07 bits per heavy atom. The number of nitrogen functional groups attached to an aromatic ring is 1. The first-order chi connectivity index (χ1) is 6.74. The summed E-state index contributed by atoms with van der Waals surface area (Å²) in [7, 11) is 0. The van der Waals surface area contributed by atoms with Gasteiger partial charge in [0.25, 0.3) is 0 Å². The molecular formula is C11H11NO2. The van der Waals surface area contributed by atoms with E-state index in [1.165, 1.54) is 5.56 Å². The molecule has 1 aliphatic heterocycles. The van der Waals surface area contributed by atoms with Crippen molar-refractivity contribution in [1.29, 1.82) is 0 Å². The van der Waals surface area contributed by atoms with Crippen LogP contribution in [0.1, 0.15) is 23.7 Å². The minimum absolute atomic E-state index is 0.0269. The summed E-state index contributed by atoms with van der Waals surface area (Å²) in [6.07, 6.45) is 1.48. The number of anilines is 1. The first kappa shape index (κ1) is 7.85. The number of esters is 1. The summed E-state index contributed by atoms with van der Waals surface area (Å²) in [4.78, 5) is 11.1. The monoisotopic (exact) mass is 189 g/mol. The summed E-state index contributed by atoms with van der Waals surface area (Å²) in [5.41, 5.74) is 8.84. The predicted molar refractivity (Wildman–Crippen MR) is 51.5 cm³/mol. The van der Waals surface area contributed by atoms with Crippen LogP contribution in [0.2, 0.25) is 0 Å². The fourth-order valence-electron chi connectivity index (χ4n) is 2.45. The fraction of sp³-hybridized carbons (Fsp3) is 0.364. The number of carbonyl (C=O) groups excluding carboxylic acids is 1. The molecule has 2 aliphatic rings. The zero-order valence-corrected chi connectivity index (χ0v) is 7.69. The molecule has 0 spiro atoms. The molecule has 14 heavy (non-hydrogen) atoms. The van der Waals surface area contributed by atoms with Gasteiger partial charge in [0.15, 0.2) is 0 Å². The quantitative estimate of drug-likeness (QED) is 0.496. The number of ether oxygens (including phenoxy) is 1. The van der Waals surface area contributed by atoms with Crippen molar-refractivity contribution in [3.8, 4) is 0 Å². The molecule has 2 unspecified atom stereocenters. The van der Waals surface area contributed by atoms with Gasteiger partial charge in [-0.05, 0) is 29.7 Å². The highest BCUT2D eigenvalue weighted by Gasteiger charge is 2.41. The van der Waals surface area contributed by atoms with E-state index in [9.17, 15) is 4.79 Å². The molecule has 1 aliphatic carbocycles. The Kier molecular flexibility index (Phi) is 1.40. The highest BCUT2D eigenvalue weighted by Crippen LogP contribution is 2.45. The first-order valence-electron chi connectivity index (χ1n) is 4.82. The minimum Gasteiger partial charge on any atom is -0.457 e. The Hall–Kier alpha value is -1.51. The molecule has 1 aromatic rings. The van der Waals surface area contributed by atoms with Crippen LogP contribution in [0.5, 0.6) is 0 Å². The third-order valence-corrected chi connectivity index (χ3v) is 3.07. The van der Waals surface area contributed by atoms with Crippen molar-refractivity contribution < 1.29 is 9.53 Å². The minimum atomic E-state index is -0.0759. The van der Waals surface area contributed by atoms with Crippen LogP contribution in [0.4, 0.5) is 5.69 Å². The maximum Gasteiger partial charge on any atom is 0.306 e. The van der Waals surface area contributed by atoms with Crippen LogP contribution in [-0.2, 0) is 16.0 Å². The highest BCUT2D eigenvalue weighted by atomic mass is 16.6. The number of carbonyl (C=O) groups is 1. The topological polar surface area (TPSA) is 52.3 Å². The predicted octanol–water partition coefficient (Wildman–Crippen LogP) is 1.43. The summed E-state index contributed by atoms with van der Waals surface area (Å²) >= 11 is 0. The molecule has 3 rings (SSSR count). The Labute approximate surface area is 81.9 Å². The van der Waals surface area contributed by atoms with Crippen LogP contribution >= 0.6 is 0 Å². The van der Waals surface area contributed by atoms with Crippen molar-refractivity contribution in [1.82, 2.24) is 0 Å². The normalized spacial score (nSPS) is 28.4. The molecule has 72 valence electrons. The van der Waals surface area contributed by atoms with Gasteiger partial charge < -0.3 is 10.5 Å². The summed E-state index contributed by atoms with van der Waals surface area (Å²) in [6, 6.07) is 5.87. The van der Waals surface area contributed by atoms with Crippen LogP contribution < -0.4 is 5.73 Å². The van der Waals surface area contributed by atoms with E-state index in [1.807, 2.05) is 18.2 Å². The van der Waals surface area contributed by atoms with Gasteiger partial charge >= 0.3 is 5.97 Å². The average molecular weight is 189 g/mol. The Morgan fingerprint density at radius 1 is 1.36 bits per heavy atom. The molecule has 1 aromatic carbocycles. The summed E-state index contributed by atoms with van der Waals surface area (Å²) in [6.45, 7) is 0. The third-order valence-electron chi connectivity index (χ3n) is 3.07. The lowest BCUT2D eigenvalue weighted by Crippen LogP contribution is -2.00. The molecule has 3 nitrogen and oxygen atoms in total. The van der Waals surface area contributed by atoms with E-state index in [2.05, 4.69) is 0 Å². The van der Waals surface area contributed by atoms with Crippen molar-refractivity contribution >= 4 is 11.7 Å². The van der Waals surface area contributed by atoms with Gasteiger partial charge in [0.2, 0.25) is 0 Å². The molecule has 2 atom stereocenters. The van der Waals surface area contributed by atoms with Crippen LogP contribution in [0.15, 0.2) is 18.2 Å². The van der Waals surface area contributed by atoms with E-state index in [0.717, 1.165) is 17.7 Å². The van der Waals surface area contributed by atoms with E-state index < -0.39 is 0 Å². The average Bonchev–Trinajstić information content (AvgIpc) is 2.62. The number of hydrogen-bond donors (Lipinski definition) is 1. The smallest absolute Gasteiger partial charge is 0.306 e. The number of fused-ring (bicyclic) bond motifs is 3. The highest BCUT2D eigenvalue weighted by molar-refractivity contribution is 5.73. The summed E-state index contributed by atoms with van der Waals surface area (Å²) in [5.74, 6) is 0.271. The van der Waals surface area contributed by atoms with E-state index in [1.54, 1.807) is 0 Å². The number of benzene rings is 1. The molecule has 1 saturated heterocycles.